The van der Waals surface area contributed by atoms with E-state index in [4.69, 9.17) is 0 Å². The molecule has 1 aromatic carbocycles. The van der Waals surface area contributed by atoms with Crippen molar-refractivity contribution >= 4 is 17.6 Å². The van der Waals surface area contributed by atoms with E-state index >= 15 is 0 Å². The number of amides is 1. The van der Waals surface area contributed by atoms with Crippen LogP contribution in [-0.2, 0) is 11.2 Å². The van der Waals surface area contributed by atoms with Gasteiger partial charge in [-0.05, 0) is 51.3 Å². The highest BCUT2D eigenvalue weighted by Gasteiger charge is 2.28. The fourth-order valence-electron chi connectivity index (χ4n) is 2.80. The highest BCUT2D eigenvalue weighted by Crippen LogP contribution is 2.31. The van der Waals surface area contributed by atoms with Gasteiger partial charge in [0.15, 0.2) is 0 Å². The number of carboxylic acids is 1. The Morgan fingerprint density at radius 1 is 1.29 bits per heavy atom. The molecule has 1 amide bonds. The first-order valence-electron chi connectivity index (χ1n) is 7.34. The average Bonchev–Trinajstić information content (AvgIpc) is 2.44. The van der Waals surface area contributed by atoms with Gasteiger partial charge < -0.3 is 15.3 Å². The predicted octanol–water partition coefficient (Wildman–Crippen LogP) is 2.05. The molecular formula is C16H22N2O3. The van der Waals surface area contributed by atoms with Crippen molar-refractivity contribution in [1.29, 1.82) is 0 Å². The number of carbonyl (C=O) groups is 2. The van der Waals surface area contributed by atoms with Gasteiger partial charge in [0.25, 0.3) is 0 Å². The number of carboxylic acid groups (broad SMARTS) is 1. The van der Waals surface area contributed by atoms with Crippen molar-refractivity contribution in [2.75, 3.05) is 11.4 Å². The molecule has 1 aromatic rings. The summed E-state index contributed by atoms with van der Waals surface area (Å²) >= 11 is 0. The van der Waals surface area contributed by atoms with Gasteiger partial charge in [0.2, 0.25) is 5.91 Å². The molecule has 0 saturated heterocycles. The van der Waals surface area contributed by atoms with E-state index in [1.807, 2.05) is 31.7 Å². The summed E-state index contributed by atoms with van der Waals surface area (Å²) in [5.41, 5.74) is 2.04. The van der Waals surface area contributed by atoms with Gasteiger partial charge in [-0.15, -0.1) is 0 Å². The van der Waals surface area contributed by atoms with E-state index in [-0.39, 0.29) is 18.0 Å². The summed E-state index contributed by atoms with van der Waals surface area (Å²) in [5, 5.41) is 12.2. The first-order chi connectivity index (χ1) is 9.91. The average molecular weight is 290 g/mol. The summed E-state index contributed by atoms with van der Waals surface area (Å²) in [4.78, 5) is 25.5. The third kappa shape index (κ3) is 3.17. The van der Waals surface area contributed by atoms with Gasteiger partial charge in [0.1, 0.15) is 6.04 Å². The fourth-order valence-corrected chi connectivity index (χ4v) is 2.80. The minimum Gasteiger partial charge on any atom is -0.478 e. The monoisotopic (exact) mass is 290 g/mol. The summed E-state index contributed by atoms with van der Waals surface area (Å²) in [6, 6.07) is 5.06. The quantitative estimate of drug-likeness (QED) is 0.890. The number of anilines is 1. The smallest absolute Gasteiger partial charge is 0.336 e. The molecule has 1 unspecified atom stereocenters. The standard InChI is InChI=1S/C16H22N2O3/c1-10(2)17-15(19)11(3)18-9-5-7-12-13(16(20)21)6-4-8-14(12)18/h4,6,8,10-11H,5,7,9H2,1-3H3,(H,17,19)(H,20,21). The third-order valence-corrected chi connectivity index (χ3v) is 3.79. The lowest BCUT2D eigenvalue weighted by molar-refractivity contribution is -0.122. The van der Waals surface area contributed by atoms with Gasteiger partial charge in [0.05, 0.1) is 5.56 Å². The highest BCUT2D eigenvalue weighted by molar-refractivity contribution is 5.92. The van der Waals surface area contributed by atoms with E-state index in [1.54, 1.807) is 12.1 Å². The zero-order valence-corrected chi connectivity index (χ0v) is 12.7. The zero-order chi connectivity index (χ0) is 15.6. The molecule has 2 N–H and O–H groups in total. The normalized spacial score (nSPS) is 15.5. The topological polar surface area (TPSA) is 69.6 Å². The number of benzene rings is 1. The van der Waals surface area contributed by atoms with Crippen molar-refractivity contribution in [3.63, 3.8) is 0 Å². The molecule has 0 aliphatic carbocycles. The lowest BCUT2D eigenvalue weighted by Crippen LogP contribution is -2.49. The molecular weight excluding hydrogens is 268 g/mol. The summed E-state index contributed by atoms with van der Waals surface area (Å²) < 4.78 is 0. The van der Waals surface area contributed by atoms with Gasteiger partial charge in [0, 0.05) is 18.3 Å². The number of aromatic carboxylic acids is 1. The van der Waals surface area contributed by atoms with Crippen molar-refractivity contribution in [2.24, 2.45) is 0 Å². The van der Waals surface area contributed by atoms with Crippen LogP contribution < -0.4 is 10.2 Å². The molecule has 0 radical (unpaired) electrons. The number of hydrogen-bond acceptors (Lipinski definition) is 3. The van der Waals surface area contributed by atoms with Crippen molar-refractivity contribution in [1.82, 2.24) is 5.32 Å². The lowest BCUT2D eigenvalue weighted by Gasteiger charge is -2.36. The first kappa shape index (κ1) is 15.4. The molecule has 21 heavy (non-hydrogen) atoms. The molecule has 1 atom stereocenters. The van der Waals surface area contributed by atoms with E-state index in [9.17, 15) is 14.7 Å². The molecule has 1 aliphatic rings. The van der Waals surface area contributed by atoms with Gasteiger partial charge in [-0.2, -0.15) is 0 Å². The number of nitrogens with one attached hydrogen (secondary N) is 1. The van der Waals surface area contributed by atoms with Crippen LogP contribution in [0.5, 0.6) is 0 Å². The van der Waals surface area contributed by atoms with Crippen LogP contribution in [0.1, 0.15) is 43.1 Å². The molecule has 0 fully saturated rings. The molecule has 114 valence electrons. The Morgan fingerprint density at radius 3 is 2.62 bits per heavy atom. The van der Waals surface area contributed by atoms with Crippen LogP contribution in [0.3, 0.4) is 0 Å². The number of rotatable bonds is 4. The number of carbonyl (C=O) groups excluding carboxylic acids is 1. The van der Waals surface area contributed by atoms with Crippen molar-refractivity contribution in [3.05, 3.63) is 29.3 Å². The van der Waals surface area contributed by atoms with E-state index in [1.165, 1.54) is 0 Å². The van der Waals surface area contributed by atoms with E-state index in [2.05, 4.69) is 5.32 Å². The van der Waals surface area contributed by atoms with Crippen LogP contribution >= 0.6 is 0 Å². The molecule has 1 aliphatic heterocycles. The zero-order valence-electron chi connectivity index (χ0n) is 12.7. The Hall–Kier alpha value is -2.04. The van der Waals surface area contributed by atoms with Crippen LogP contribution in [-0.4, -0.2) is 35.6 Å². The summed E-state index contributed by atoms with van der Waals surface area (Å²) in [5.74, 6) is -0.938. The Labute approximate surface area is 125 Å². The second-order valence-electron chi connectivity index (χ2n) is 5.74. The minimum absolute atomic E-state index is 0.0291. The van der Waals surface area contributed by atoms with Crippen molar-refractivity contribution in [2.45, 2.75) is 45.7 Å². The van der Waals surface area contributed by atoms with E-state index in [0.29, 0.717) is 5.56 Å². The van der Waals surface area contributed by atoms with Crippen LogP contribution in [0.25, 0.3) is 0 Å². The maximum atomic E-state index is 12.2. The number of fused-ring (bicyclic) bond motifs is 1. The fraction of sp³-hybridized carbons (Fsp3) is 0.500. The minimum atomic E-state index is -0.909. The van der Waals surface area contributed by atoms with Gasteiger partial charge in [-0.25, -0.2) is 4.79 Å². The van der Waals surface area contributed by atoms with Gasteiger partial charge in [-0.3, -0.25) is 4.79 Å². The van der Waals surface area contributed by atoms with Crippen LogP contribution in [0.15, 0.2) is 18.2 Å². The SMILES string of the molecule is CC(C)NC(=O)C(C)N1CCCc2c(C(=O)O)cccc21. The van der Waals surface area contributed by atoms with Crippen LogP contribution in [0.2, 0.25) is 0 Å². The Morgan fingerprint density at radius 2 is 2.00 bits per heavy atom. The molecule has 0 aromatic heterocycles. The van der Waals surface area contributed by atoms with Crippen molar-refractivity contribution < 1.29 is 14.7 Å². The molecule has 0 spiro atoms. The third-order valence-electron chi connectivity index (χ3n) is 3.79. The van der Waals surface area contributed by atoms with Crippen LogP contribution in [0.4, 0.5) is 5.69 Å². The molecule has 0 bridgehead atoms. The predicted molar refractivity (Wildman–Crippen MR) is 81.8 cm³/mol. The molecule has 5 heteroatoms. The van der Waals surface area contributed by atoms with E-state index in [0.717, 1.165) is 30.6 Å². The molecule has 2 rings (SSSR count). The van der Waals surface area contributed by atoms with Crippen LogP contribution in [0, 0.1) is 0 Å². The summed E-state index contributed by atoms with van der Waals surface area (Å²) in [6.07, 6.45) is 1.60. The van der Waals surface area contributed by atoms with Crippen molar-refractivity contribution in [3.8, 4) is 0 Å². The first-order valence-corrected chi connectivity index (χ1v) is 7.34. The lowest BCUT2D eigenvalue weighted by atomic mass is 9.95. The number of hydrogen-bond donors (Lipinski definition) is 2. The second kappa shape index (κ2) is 6.16. The summed E-state index contributed by atoms with van der Waals surface area (Å²) in [7, 11) is 0. The number of nitrogens with zero attached hydrogens (tertiary/aromatic N) is 1. The maximum Gasteiger partial charge on any atom is 0.336 e. The second-order valence-corrected chi connectivity index (χ2v) is 5.74. The maximum absolute atomic E-state index is 12.2. The Balaban J connectivity index is 2.32. The largest absolute Gasteiger partial charge is 0.478 e. The molecule has 1 heterocycles. The highest BCUT2D eigenvalue weighted by atomic mass is 16.4. The van der Waals surface area contributed by atoms with E-state index < -0.39 is 5.97 Å². The Kier molecular flexibility index (Phi) is 4.50. The van der Waals surface area contributed by atoms with Gasteiger partial charge in [-0.1, -0.05) is 6.07 Å². The Bertz CT molecular complexity index is 554. The van der Waals surface area contributed by atoms with Gasteiger partial charge >= 0.3 is 5.97 Å². The summed E-state index contributed by atoms with van der Waals surface area (Å²) in [6.45, 7) is 6.48. The molecule has 5 nitrogen and oxygen atoms in total. The molecule has 0 saturated carbocycles.